The van der Waals surface area contributed by atoms with Gasteiger partial charge in [-0.25, -0.2) is 4.99 Å². The average Bonchev–Trinajstić information content (AvgIpc) is 2.41. The number of anilines is 1. The summed E-state index contributed by atoms with van der Waals surface area (Å²) in [4.78, 5) is 4.36. The highest BCUT2D eigenvalue weighted by Gasteiger charge is 2.10. The molecule has 0 atom stereocenters. The zero-order valence-electron chi connectivity index (χ0n) is 11.2. The third kappa shape index (κ3) is 3.19. The number of aliphatic imine (C=N–C) groups is 1. The topological polar surface area (TPSA) is 24.4 Å². The van der Waals surface area contributed by atoms with Crippen LogP contribution in [0.2, 0.25) is 0 Å². The van der Waals surface area contributed by atoms with Crippen LogP contribution in [0.4, 0.5) is 5.69 Å². The Kier molecular flexibility index (Phi) is 5.47. The Bertz CT molecular complexity index is 417. The van der Waals surface area contributed by atoms with Crippen molar-refractivity contribution in [2.24, 2.45) is 4.99 Å². The van der Waals surface area contributed by atoms with Crippen molar-refractivity contribution in [3.05, 3.63) is 35.4 Å². The zero-order chi connectivity index (χ0) is 12.7. The first-order chi connectivity index (χ1) is 8.35. The molecule has 0 saturated carbocycles. The first kappa shape index (κ1) is 13.5. The highest BCUT2D eigenvalue weighted by Crippen LogP contribution is 2.29. The van der Waals surface area contributed by atoms with Crippen molar-refractivity contribution < 1.29 is 0 Å². The van der Waals surface area contributed by atoms with E-state index in [4.69, 9.17) is 0 Å². The Morgan fingerprint density at radius 2 is 2.00 bits per heavy atom. The van der Waals surface area contributed by atoms with Crippen LogP contribution in [0.5, 0.6) is 0 Å². The summed E-state index contributed by atoms with van der Waals surface area (Å²) >= 11 is 0. The van der Waals surface area contributed by atoms with E-state index in [1.807, 2.05) is 13.8 Å². The summed E-state index contributed by atoms with van der Waals surface area (Å²) in [5, 5.41) is 3.17. The molecule has 0 aromatic heterocycles. The Morgan fingerprint density at radius 3 is 2.65 bits per heavy atom. The number of rotatable bonds is 2. The SMILES string of the molecule is CC.CC/C=C1/N=CNc2ccc(CC)cc21. The lowest BCUT2D eigenvalue weighted by molar-refractivity contribution is 1.13. The first-order valence-corrected chi connectivity index (χ1v) is 6.47. The molecule has 2 heteroatoms. The summed E-state index contributed by atoms with van der Waals surface area (Å²) in [6.45, 7) is 8.30. The summed E-state index contributed by atoms with van der Waals surface area (Å²) in [7, 11) is 0. The minimum absolute atomic E-state index is 1.02. The molecule has 1 N–H and O–H groups in total. The molecule has 1 aliphatic heterocycles. The van der Waals surface area contributed by atoms with Gasteiger partial charge in [0, 0.05) is 11.3 Å². The lowest BCUT2D eigenvalue weighted by Crippen LogP contribution is -2.05. The predicted molar refractivity (Wildman–Crippen MR) is 77.6 cm³/mol. The molecule has 1 aromatic carbocycles. The largest absolute Gasteiger partial charge is 0.346 e. The number of aryl methyl sites for hydroxylation is 1. The quantitative estimate of drug-likeness (QED) is 0.796. The van der Waals surface area contributed by atoms with E-state index in [1.54, 1.807) is 6.34 Å². The van der Waals surface area contributed by atoms with Gasteiger partial charge in [-0.05, 0) is 30.5 Å². The zero-order valence-corrected chi connectivity index (χ0v) is 11.2. The number of allylic oxidation sites excluding steroid dienone is 1. The van der Waals surface area contributed by atoms with Crippen molar-refractivity contribution in [2.75, 3.05) is 5.32 Å². The van der Waals surface area contributed by atoms with Gasteiger partial charge in [-0.1, -0.05) is 39.8 Å². The van der Waals surface area contributed by atoms with Crippen LogP contribution in [-0.2, 0) is 6.42 Å². The van der Waals surface area contributed by atoms with Gasteiger partial charge in [0.2, 0.25) is 0 Å². The average molecular weight is 230 g/mol. The highest BCUT2D eigenvalue weighted by molar-refractivity contribution is 5.92. The van der Waals surface area contributed by atoms with Crippen LogP contribution < -0.4 is 5.32 Å². The number of nitrogens with one attached hydrogen (secondary N) is 1. The standard InChI is InChI=1S/C13H16N2.C2H6/c1-3-5-12-11-8-10(4-2)6-7-13(11)15-9-14-12;1-2/h5-9H,3-4H2,1-2H3,(H,14,15);1-2H3/b12-5+;. The van der Waals surface area contributed by atoms with E-state index in [0.29, 0.717) is 0 Å². The smallest absolute Gasteiger partial charge is 0.0930 e. The molecular formula is C15H22N2. The molecule has 1 heterocycles. The number of nitrogens with zero attached hydrogens (tertiary/aromatic N) is 1. The second kappa shape index (κ2) is 6.89. The van der Waals surface area contributed by atoms with Crippen molar-refractivity contribution in [1.29, 1.82) is 0 Å². The Hall–Kier alpha value is -1.57. The number of fused-ring (bicyclic) bond motifs is 1. The van der Waals surface area contributed by atoms with Gasteiger partial charge >= 0.3 is 0 Å². The van der Waals surface area contributed by atoms with Crippen LogP contribution in [0.15, 0.2) is 29.3 Å². The minimum atomic E-state index is 1.02. The maximum Gasteiger partial charge on any atom is 0.0930 e. The fourth-order valence-electron chi connectivity index (χ4n) is 1.75. The molecule has 1 aliphatic rings. The molecule has 92 valence electrons. The van der Waals surface area contributed by atoms with Crippen molar-refractivity contribution in [2.45, 2.75) is 40.5 Å². The highest BCUT2D eigenvalue weighted by atomic mass is 15.0. The molecule has 0 saturated heterocycles. The second-order valence-corrected chi connectivity index (χ2v) is 3.63. The van der Waals surface area contributed by atoms with Gasteiger partial charge in [-0.3, -0.25) is 0 Å². The van der Waals surface area contributed by atoms with Crippen LogP contribution in [0.25, 0.3) is 5.70 Å². The van der Waals surface area contributed by atoms with E-state index in [9.17, 15) is 0 Å². The monoisotopic (exact) mass is 230 g/mol. The number of hydrogen-bond donors (Lipinski definition) is 1. The first-order valence-electron chi connectivity index (χ1n) is 6.47. The fraction of sp³-hybridized carbons (Fsp3) is 0.400. The van der Waals surface area contributed by atoms with Crippen molar-refractivity contribution in [1.82, 2.24) is 0 Å². The second-order valence-electron chi connectivity index (χ2n) is 3.63. The van der Waals surface area contributed by atoms with Crippen LogP contribution in [-0.4, -0.2) is 6.34 Å². The number of hydrogen-bond acceptors (Lipinski definition) is 2. The van der Waals surface area contributed by atoms with Gasteiger partial charge in [0.25, 0.3) is 0 Å². The Morgan fingerprint density at radius 1 is 1.24 bits per heavy atom. The maximum absolute atomic E-state index is 4.36. The van der Waals surface area contributed by atoms with Gasteiger partial charge < -0.3 is 5.32 Å². The third-order valence-corrected chi connectivity index (χ3v) is 2.59. The molecule has 1 aromatic rings. The third-order valence-electron chi connectivity index (χ3n) is 2.59. The summed E-state index contributed by atoms with van der Waals surface area (Å²) < 4.78 is 0. The van der Waals surface area contributed by atoms with Gasteiger partial charge in [0.1, 0.15) is 0 Å². The number of benzene rings is 1. The lowest BCUT2D eigenvalue weighted by atomic mass is 10.0. The van der Waals surface area contributed by atoms with Crippen molar-refractivity contribution in [3.8, 4) is 0 Å². The molecule has 2 nitrogen and oxygen atoms in total. The van der Waals surface area contributed by atoms with Crippen LogP contribution in [0.1, 0.15) is 45.2 Å². The van der Waals surface area contributed by atoms with Crippen LogP contribution in [0.3, 0.4) is 0 Å². The summed E-state index contributed by atoms with van der Waals surface area (Å²) in [5.74, 6) is 0. The molecule has 0 unspecified atom stereocenters. The molecule has 0 bridgehead atoms. The van der Waals surface area contributed by atoms with Gasteiger partial charge in [-0.2, -0.15) is 0 Å². The van der Waals surface area contributed by atoms with E-state index >= 15 is 0 Å². The van der Waals surface area contributed by atoms with E-state index in [2.05, 4.69) is 48.4 Å². The van der Waals surface area contributed by atoms with Crippen LogP contribution >= 0.6 is 0 Å². The maximum atomic E-state index is 4.36. The van der Waals surface area contributed by atoms with E-state index < -0.39 is 0 Å². The molecule has 0 aliphatic carbocycles. The fourth-order valence-corrected chi connectivity index (χ4v) is 1.75. The summed E-state index contributed by atoms with van der Waals surface area (Å²) in [6.07, 6.45) is 6.00. The minimum Gasteiger partial charge on any atom is -0.346 e. The van der Waals surface area contributed by atoms with E-state index in [1.165, 1.54) is 11.1 Å². The van der Waals surface area contributed by atoms with Crippen LogP contribution in [0, 0.1) is 0 Å². The lowest BCUT2D eigenvalue weighted by Gasteiger charge is -2.15. The summed E-state index contributed by atoms with van der Waals surface area (Å²) in [6, 6.07) is 6.51. The Balaban J connectivity index is 0.000000686. The van der Waals surface area contributed by atoms with Gasteiger partial charge in [-0.15, -0.1) is 0 Å². The van der Waals surface area contributed by atoms with E-state index in [0.717, 1.165) is 24.2 Å². The molecular weight excluding hydrogens is 208 g/mol. The summed E-state index contributed by atoms with van der Waals surface area (Å²) in [5.41, 5.74) is 4.82. The molecule has 0 radical (unpaired) electrons. The molecule has 2 rings (SSSR count). The predicted octanol–water partition coefficient (Wildman–Crippen LogP) is 4.48. The van der Waals surface area contributed by atoms with Crippen molar-refractivity contribution in [3.63, 3.8) is 0 Å². The Labute approximate surface area is 104 Å². The van der Waals surface area contributed by atoms with E-state index in [-0.39, 0.29) is 0 Å². The van der Waals surface area contributed by atoms with Crippen molar-refractivity contribution >= 4 is 17.7 Å². The molecule has 0 spiro atoms. The van der Waals surface area contributed by atoms with Gasteiger partial charge in [0.05, 0.1) is 12.0 Å². The molecule has 0 fully saturated rings. The normalized spacial score (nSPS) is 14.7. The molecule has 17 heavy (non-hydrogen) atoms. The molecule has 0 amide bonds. The van der Waals surface area contributed by atoms with Gasteiger partial charge in [0.15, 0.2) is 0 Å².